The molecule has 0 bridgehead atoms. The predicted octanol–water partition coefficient (Wildman–Crippen LogP) is 2.70. The molecule has 0 N–H and O–H groups in total. The van der Waals surface area contributed by atoms with Crippen molar-refractivity contribution in [1.29, 1.82) is 0 Å². The van der Waals surface area contributed by atoms with Crippen molar-refractivity contribution < 1.29 is 0 Å². The van der Waals surface area contributed by atoms with Crippen LogP contribution in [-0.4, -0.2) is 12.9 Å². The molecule has 3 heteroatoms. The third-order valence-electron chi connectivity index (χ3n) is 1.57. The number of hydrogen-bond acceptors (Lipinski definition) is 2. The Hall–Kier alpha value is 0.220. The van der Waals surface area contributed by atoms with E-state index in [1.807, 2.05) is 6.07 Å². The monoisotopic (exact) mass is 202 g/mol. The normalized spacial score (nSPS) is 15.8. The second-order valence-corrected chi connectivity index (χ2v) is 11.1. The molecule has 1 aromatic carbocycles. The van der Waals surface area contributed by atoms with Crippen LogP contribution in [0.25, 0.3) is 0 Å². The molecule has 0 saturated carbocycles. The van der Waals surface area contributed by atoms with Gasteiger partial charge in [0.05, 0.1) is 0 Å². The van der Waals surface area contributed by atoms with E-state index in [0.29, 0.717) is 0 Å². The van der Waals surface area contributed by atoms with Crippen molar-refractivity contribution in [1.82, 2.24) is 0 Å². The summed E-state index contributed by atoms with van der Waals surface area (Å²) in [5.41, 5.74) is 0. The van der Waals surface area contributed by atoms with Crippen LogP contribution >= 0.6 is 16.6 Å². The molecule has 0 aliphatic heterocycles. The van der Waals surface area contributed by atoms with E-state index in [-0.39, 0.29) is 0 Å². The summed E-state index contributed by atoms with van der Waals surface area (Å²) in [6, 6.07) is 10.4. The van der Waals surface area contributed by atoms with Crippen LogP contribution < -0.4 is 5.30 Å². The van der Waals surface area contributed by atoms with Crippen LogP contribution in [0.15, 0.2) is 30.3 Å². The molecule has 1 unspecified atom stereocenters. The van der Waals surface area contributed by atoms with Crippen molar-refractivity contribution in [3.63, 3.8) is 0 Å². The second kappa shape index (κ2) is 3.75. The molecule has 0 amide bonds. The van der Waals surface area contributed by atoms with Gasteiger partial charge >= 0.3 is 0 Å². The Morgan fingerprint density at radius 3 is 2.27 bits per heavy atom. The minimum atomic E-state index is -1.28. The van der Waals surface area contributed by atoms with E-state index in [4.69, 9.17) is 11.8 Å². The SMILES string of the molecule is CSP(C)(=S)c1ccccc1. The fourth-order valence-corrected chi connectivity index (χ4v) is 3.09. The zero-order valence-corrected chi connectivity index (χ0v) is 9.18. The Labute approximate surface area is 77.2 Å². The maximum atomic E-state index is 5.49. The third-order valence-corrected chi connectivity index (χ3v) is 8.20. The lowest BCUT2D eigenvalue weighted by atomic mass is 10.4. The Morgan fingerprint density at radius 2 is 1.82 bits per heavy atom. The lowest BCUT2D eigenvalue weighted by molar-refractivity contribution is 1.77. The zero-order valence-electron chi connectivity index (χ0n) is 6.65. The quantitative estimate of drug-likeness (QED) is 0.676. The van der Waals surface area contributed by atoms with Gasteiger partial charge in [0, 0.05) is 5.24 Å². The first-order valence-electron chi connectivity index (χ1n) is 3.35. The Bertz CT molecular complexity index is 269. The first-order valence-corrected chi connectivity index (χ1v) is 8.43. The minimum absolute atomic E-state index is 1.28. The van der Waals surface area contributed by atoms with Crippen LogP contribution in [0, 0.1) is 0 Å². The number of hydrogen-bond donors (Lipinski definition) is 0. The van der Waals surface area contributed by atoms with Gasteiger partial charge in [-0.05, 0) is 18.2 Å². The lowest BCUT2D eigenvalue weighted by Gasteiger charge is -2.12. The van der Waals surface area contributed by atoms with Gasteiger partial charge in [-0.1, -0.05) is 42.1 Å². The van der Waals surface area contributed by atoms with Crippen molar-refractivity contribution in [3.05, 3.63) is 30.3 Å². The van der Waals surface area contributed by atoms with Gasteiger partial charge in [0.2, 0.25) is 0 Å². The van der Waals surface area contributed by atoms with Gasteiger partial charge in [-0.25, -0.2) is 0 Å². The first kappa shape index (κ1) is 9.31. The Balaban J connectivity index is 3.03. The Kier molecular flexibility index (Phi) is 3.17. The maximum absolute atomic E-state index is 5.49. The van der Waals surface area contributed by atoms with E-state index >= 15 is 0 Å². The van der Waals surface area contributed by atoms with Gasteiger partial charge in [-0.15, -0.1) is 11.4 Å². The van der Waals surface area contributed by atoms with Gasteiger partial charge in [-0.2, -0.15) is 0 Å². The summed E-state index contributed by atoms with van der Waals surface area (Å²) in [5.74, 6) is 0. The topological polar surface area (TPSA) is 0 Å². The lowest BCUT2D eigenvalue weighted by Crippen LogP contribution is -1.98. The van der Waals surface area contributed by atoms with Crippen molar-refractivity contribution in [2.45, 2.75) is 0 Å². The average molecular weight is 202 g/mol. The number of rotatable bonds is 2. The predicted molar refractivity (Wildman–Crippen MR) is 59.8 cm³/mol. The van der Waals surface area contributed by atoms with Crippen molar-refractivity contribution in [2.24, 2.45) is 0 Å². The van der Waals surface area contributed by atoms with Crippen LogP contribution in [0.4, 0.5) is 0 Å². The van der Waals surface area contributed by atoms with Gasteiger partial charge in [0.1, 0.15) is 0 Å². The Morgan fingerprint density at radius 1 is 1.27 bits per heavy atom. The highest BCUT2D eigenvalue weighted by molar-refractivity contribution is 8.72. The molecule has 0 radical (unpaired) electrons. The third kappa shape index (κ3) is 2.33. The van der Waals surface area contributed by atoms with Gasteiger partial charge < -0.3 is 0 Å². The summed E-state index contributed by atoms with van der Waals surface area (Å²) < 4.78 is 0. The molecular formula is C8H11PS2. The first-order chi connectivity index (χ1) is 5.17. The molecule has 0 aromatic heterocycles. The van der Waals surface area contributed by atoms with Crippen molar-refractivity contribution in [3.8, 4) is 0 Å². The molecule has 0 aliphatic carbocycles. The van der Waals surface area contributed by atoms with Gasteiger partial charge in [-0.3, -0.25) is 0 Å². The van der Waals surface area contributed by atoms with Gasteiger partial charge in [0.15, 0.2) is 0 Å². The van der Waals surface area contributed by atoms with Crippen LogP contribution in [0.2, 0.25) is 0 Å². The molecule has 0 spiro atoms. The molecule has 0 saturated heterocycles. The summed E-state index contributed by atoms with van der Waals surface area (Å²) in [4.78, 5) is 0. The van der Waals surface area contributed by atoms with E-state index in [1.165, 1.54) is 5.30 Å². The highest BCUT2D eigenvalue weighted by Crippen LogP contribution is 2.52. The summed E-state index contributed by atoms with van der Waals surface area (Å²) in [6.07, 6.45) is 2.09. The molecular weight excluding hydrogens is 191 g/mol. The van der Waals surface area contributed by atoms with E-state index < -0.39 is 5.24 Å². The average Bonchev–Trinajstić information content (AvgIpc) is 2.06. The maximum Gasteiger partial charge on any atom is 0.0305 e. The highest BCUT2D eigenvalue weighted by Gasteiger charge is 2.09. The molecule has 11 heavy (non-hydrogen) atoms. The largest absolute Gasteiger partial charge is 0.123 e. The van der Waals surface area contributed by atoms with Crippen LogP contribution in [0.3, 0.4) is 0 Å². The molecule has 60 valence electrons. The zero-order chi connectivity index (χ0) is 8.32. The fourth-order valence-electron chi connectivity index (χ4n) is 0.804. The molecule has 0 nitrogen and oxygen atoms in total. The molecule has 1 atom stereocenters. The van der Waals surface area contributed by atoms with Crippen LogP contribution in [0.5, 0.6) is 0 Å². The highest BCUT2D eigenvalue weighted by atomic mass is 32.9. The summed E-state index contributed by atoms with van der Waals surface area (Å²) in [6.45, 7) is 2.17. The van der Waals surface area contributed by atoms with Crippen molar-refractivity contribution >= 4 is 33.7 Å². The number of benzene rings is 1. The van der Waals surface area contributed by atoms with E-state index in [9.17, 15) is 0 Å². The summed E-state index contributed by atoms with van der Waals surface area (Å²) >= 11 is 7.29. The second-order valence-electron chi connectivity index (χ2n) is 2.36. The fraction of sp³-hybridized carbons (Fsp3) is 0.250. The standard InChI is InChI=1S/C8H11PS2/c1-9(10,11-2)8-6-4-3-5-7-8/h3-7H,1-2H3. The van der Waals surface area contributed by atoms with Crippen LogP contribution in [-0.2, 0) is 11.8 Å². The van der Waals surface area contributed by atoms with Gasteiger partial charge in [0.25, 0.3) is 0 Å². The van der Waals surface area contributed by atoms with E-state index in [0.717, 1.165) is 0 Å². The summed E-state index contributed by atoms with van der Waals surface area (Å²) in [7, 11) is 0. The van der Waals surface area contributed by atoms with Crippen LogP contribution in [0.1, 0.15) is 0 Å². The molecule has 0 aliphatic rings. The molecule has 1 rings (SSSR count). The summed E-state index contributed by atoms with van der Waals surface area (Å²) in [5, 5.41) is 0.0460. The van der Waals surface area contributed by atoms with E-state index in [2.05, 4.69) is 37.2 Å². The molecule has 0 fully saturated rings. The van der Waals surface area contributed by atoms with E-state index in [1.54, 1.807) is 11.4 Å². The molecule has 0 heterocycles. The minimum Gasteiger partial charge on any atom is -0.123 e. The smallest absolute Gasteiger partial charge is 0.0305 e. The van der Waals surface area contributed by atoms with Crippen molar-refractivity contribution in [2.75, 3.05) is 12.9 Å². The molecule has 1 aromatic rings.